The van der Waals surface area contributed by atoms with Crippen LogP contribution in [-0.4, -0.2) is 10.9 Å². The van der Waals surface area contributed by atoms with Crippen molar-refractivity contribution < 1.29 is 14.3 Å². The number of phenolic OH excluding ortho intramolecular Hbond substituents is 1. The molecule has 0 radical (unpaired) electrons. The Morgan fingerprint density at radius 3 is 2.67 bits per heavy atom. The van der Waals surface area contributed by atoms with E-state index in [4.69, 9.17) is 5.11 Å². The lowest BCUT2D eigenvalue weighted by Crippen LogP contribution is -2.11. The van der Waals surface area contributed by atoms with Gasteiger partial charge in [0.05, 0.1) is 0 Å². The van der Waals surface area contributed by atoms with E-state index in [0.717, 1.165) is 25.3 Å². The van der Waals surface area contributed by atoms with E-state index in [2.05, 4.69) is 6.92 Å². The van der Waals surface area contributed by atoms with E-state index >= 15 is 0 Å². The van der Waals surface area contributed by atoms with Gasteiger partial charge in [0.15, 0.2) is 17.3 Å². The molecule has 0 aliphatic heterocycles. The van der Waals surface area contributed by atoms with Gasteiger partial charge < -0.3 is 5.11 Å². The summed E-state index contributed by atoms with van der Waals surface area (Å²) >= 11 is 0. The first kappa shape index (κ1) is 14.7. The molecule has 1 N–H and O–H groups in total. The second-order valence-electron chi connectivity index (χ2n) is 4.78. The number of phenols is 1. The highest BCUT2D eigenvalue weighted by molar-refractivity contribution is 5.97. The summed E-state index contributed by atoms with van der Waals surface area (Å²) in [5.74, 6) is -1.29. The van der Waals surface area contributed by atoms with E-state index in [1.807, 2.05) is 6.92 Å². The molecule has 0 spiro atoms. The lowest BCUT2D eigenvalue weighted by molar-refractivity contribution is 0.0922. The number of benzene rings is 1. The topological polar surface area (TPSA) is 37.3 Å². The molecular formula is C15H21FO2. The van der Waals surface area contributed by atoms with Gasteiger partial charge >= 0.3 is 0 Å². The van der Waals surface area contributed by atoms with Gasteiger partial charge in [0, 0.05) is 11.5 Å². The zero-order chi connectivity index (χ0) is 13.5. The van der Waals surface area contributed by atoms with Crippen molar-refractivity contribution in [1.29, 1.82) is 0 Å². The van der Waals surface area contributed by atoms with Gasteiger partial charge in [-0.15, -0.1) is 0 Å². The average molecular weight is 252 g/mol. The molecule has 0 heterocycles. The van der Waals surface area contributed by atoms with Crippen LogP contribution in [-0.2, 0) is 0 Å². The molecule has 0 aliphatic carbocycles. The van der Waals surface area contributed by atoms with Gasteiger partial charge in [-0.1, -0.05) is 39.5 Å². The number of hydrogen-bond acceptors (Lipinski definition) is 2. The van der Waals surface area contributed by atoms with Crippen molar-refractivity contribution >= 4 is 5.78 Å². The van der Waals surface area contributed by atoms with Gasteiger partial charge in [0.25, 0.3) is 0 Å². The van der Waals surface area contributed by atoms with Crippen LogP contribution in [0, 0.1) is 11.7 Å². The first-order valence-electron chi connectivity index (χ1n) is 6.59. The molecule has 1 atom stereocenters. The summed E-state index contributed by atoms with van der Waals surface area (Å²) in [6.45, 7) is 4.02. The molecule has 18 heavy (non-hydrogen) atoms. The third-order valence-corrected chi connectivity index (χ3v) is 3.17. The fourth-order valence-electron chi connectivity index (χ4n) is 1.95. The standard InChI is InChI=1S/C15H21FO2/c1-3-4-5-6-7-11(2)15(18)12-8-9-14(17)13(16)10-12/h8-11,17H,3-7H2,1-2H3. The molecule has 0 fully saturated rings. The maximum atomic E-state index is 13.2. The molecule has 1 aromatic carbocycles. The Morgan fingerprint density at radius 1 is 1.33 bits per heavy atom. The third kappa shape index (κ3) is 4.13. The Balaban J connectivity index is 2.54. The van der Waals surface area contributed by atoms with Crippen molar-refractivity contribution in [1.82, 2.24) is 0 Å². The third-order valence-electron chi connectivity index (χ3n) is 3.17. The van der Waals surface area contributed by atoms with Gasteiger partial charge in [-0.05, 0) is 24.6 Å². The fraction of sp³-hybridized carbons (Fsp3) is 0.533. The number of Topliss-reactive ketones (excluding diaryl/α,β-unsaturated/α-hetero) is 1. The second kappa shape index (κ2) is 7.14. The van der Waals surface area contributed by atoms with Crippen LogP contribution >= 0.6 is 0 Å². The van der Waals surface area contributed by atoms with E-state index in [1.165, 1.54) is 25.0 Å². The van der Waals surface area contributed by atoms with Crippen molar-refractivity contribution in [2.75, 3.05) is 0 Å². The SMILES string of the molecule is CCCCCCC(C)C(=O)c1ccc(O)c(F)c1. The first-order valence-corrected chi connectivity index (χ1v) is 6.59. The average Bonchev–Trinajstić information content (AvgIpc) is 2.37. The molecule has 0 aliphatic rings. The van der Waals surface area contributed by atoms with Gasteiger partial charge in [-0.3, -0.25) is 4.79 Å². The smallest absolute Gasteiger partial charge is 0.165 e. The number of halogens is 1. The molecule has 0 bridgehead atoms. The summed E-state index contributed by atoms with van der Waals surface area (Å²) in [6.07, 6.45) is 5.36. The lowest BCUT2D eigenvalue weighted by atomic mass is 9.94. The highest BCUT2D eigenvalue weighted by Gasteiger charge is 2.16. The fourth-order valence-corrected chi connectivity index (χ4v) is 1.95. The number of ketones is 1. The van der Waals surface area contributed by atoms with E-state index in [9.17, 15) is 9.18 Å². The molecule has 1 aromatic rings. The van der Waals surface area contributed by atoms with Crippen molar-refractivity contribution in [3.8, 4) is 5.75 Å². The number of carbonyl (C=O) groups is 1. The molecule has 0 amide bonds. The zero-order valence-corrected chi connectivity index (χ0v) is 11.1. The Morgan fingerprint density at radius 2 is 2.06 bits per heavy atom. The number of hydrogen-bond donors (Lipinski definition) is 1. The lowest BCUT2D eigenvalue weighted by Gasteiger charge is -2.10. The number of rotatable bonds is 7. The van der Waals surface area contributed by atoms with E-state index < -0.39 is 11.6 Å². The molecule has 0 saturated carbocycles. The van der Waals surface area contributed by atoms with Crippen LogP contribution in [0.25, 0.3) is 0 Å². The molecule has 2 nitrogen and oxygen atoms in total. The predicted molar refractivity (Wildman–Crippen MR) is 70.3 cm³/mol. The minimum absolute atomic E-state index is 0.0506. The summed E-state index contributed by atoms with van der Waals surface area (Å²) in [5, 5.41) is 9.08. The quantitative estimate of drug-likeness (QED) is 0.579. The van der Waals surface area contributed by atoms with Crippen LogP contribution in [0.3, 0.4) is 0 Å². The molecule has 0 aromatic heterocycles. The van der Waals surface area contributed by atoms with Crippen LogP contribution in [0.1, 0.15) is 56.3 Å². The molecular weight excluding hydrogens is 231 g/mol. The summed E-state index contributed by atoms with van der Waals surface area (Å²) < 4.78 is 13.2. The minimum atomic E-state index is -0.737. The van der Waals surface area contributed by atoms with Crippen molar-refractivity contribution in [2.45, 2.75) is 46.0 Å². The van der Waals surface area contributed by atoms with Crippen molar-refractivity contribution in [2.24, 2.45) is 5.92 Å². The van der Waals surface area contributed by atoms with Crippen LogP contribution in [0.4, 0.5) is 4.39 Å². The van der Waals surface area contributed by atoms with E-state index in [1.54, 1.807) is 0 Å². The molecule has 0 saturated heterocycles. The molecule has 3 heteroatoms. The Labute approximate surface area is 108 Å². The zero-order valence-electron chi connectivity index (χ0n) is 11.1. The maximum Gasteiger partial charge on any atom is 0.165 e. The largest absolute Gasteiger partial charge is 0.505 e. The summed E-state index contributed by atoms with van der Waals surface area (Å²) in [6, 6.07) is 3.82. The predicted octanol–water partition coefficient (Wildman–Crippen LogP) is 4.32. The Bertz CT molecular complexity index is 401. The number of unbranched alkanes of at least 4 members (excludes halogenated alkanes) is 3. The second-order valence-corrected chi connectivity index (χ2v) is 4.78. The number of aromatic hydroxyl groups is 1. The van der Waals surface area contributed by atoms with Crippen molar-refractivity contribution in [3.05, 3.63) is 29.6 Å². The Hall–Kier alpha value is -1.38. The molecule has 1 rings (SSSR count). The maximum absolute atomic E-state index is 13.2. The van der Waals surface area contributed by atoms with Gasteiger partial charge in [0.1, 0.15) is 0 Å². The minimum Gasteiger partial charge on any atom is -0.505 e. The highest BCUT2D eigenvalue weighted by Crippen LogP contribution is 2.20. The molecule has 1 unspecified atom stereocenters. The van der Waals surface area contributed by atoms with E-state index in [0.29, 0.717) is 5.56 Å². The first-order chi connectivity index (χ1) is 8.56. The van der Waals surface area contributed by atoms with Crippen LogP contribution in [0.2, 0.25) is 0 Å². The van der Waals surface area contributed by atoms with Gasteiger partial charge in [-0.2, -0.15) is 0 Å². The monoisotopic (exact) mass is 252 g/mol. The highest BCUT2D eigenvalue weighted by atomic mass is 19.1. The normalized spacial score (nSPS) is 12.4. The van der Waals surface area contributed by atoms with Crippen LogP contribution in [0.15, 0.2) is 18.2 Å². The molecule has 100 valence electrons. The summed E-state index contributed by atoms with van der Waals surface area (Å²) in [4.78, 5) is 12.0. The van der Waals surface area contributed by atoms with Crippen molar-refractivity contribution in [3.63, 3.8) is 0 Å². The van der Waals surface area contributed by atoms with E-state index in [-0.39, 0.29) is 11.7 Å². The summed E-state index contributed by atoms with van der Waals surface area (Å²) in [7, 11) is 0. The summed E-state index contributed by atoms with van der Waals surface area (Å²) in [5.41, 5.74) is 0.341. The van der Waals surface area contributed by atoms with Crippen LogP contribution < -0.4 is 0 Å². The Kier molecular flexibility index (Phi) is 5.83. The number of carbonyl (C=O) groups excluding carboxylic acids is 1. The van der Waals surface area contributed by atoms with Gasteiger partial charge in [0.2, 0.25) is 0 Å². The van der Waals surface area contributed by atoms with Gasteiger partial charge in [-0.25, -0.2) is 4.39 Å². The van der Waals surface area contributed by atoms with Crippen LogP contribution in [0.5, 0.6) is 5.75 Å².